The molecule has 0 radical (unpaired) electrons. The third-order valence-electron chi connectivity index (χ3n) is 3.68. The highest BCUT2D eigenvalue weighted by atomic mass is 32.2. The van der Waals surface area contributed by atoms with E-state index in [4.69, 9.17) is 4.74 Å². The van der Waals surface area contributed by atoms with Gasteiger partial charge in [0.05, 0.1) is 7.11 Å². The van der Waals surface area contributed by atoms with Crippen molar-refractivity contribution >= 4 is 15.9 Å². The molecule has 0 spiro atoms. The standard InChI is InChI=1S/C17H19FN2O4S/c1-19-25(22,23)16-10-12(8-9-15(16)24-3)17(21)20(2)11-13-6-4-5-7-14(13)18/h4-10,19H,11H2,1-3H3. The Hall–Kier alpha value is -2.45. The van der Waals surface area contributed by atoms with E-state index in [1.807, 2.05) is 0 Å². The number of carbonyl (C=O) groups is 1. The molecule has 0 fully saturated rings. The van der Waals surface area contributed by atoms with Crippen LogP contribution in [0.1, 0.15) is 15.9 Å². The minimum Gasteiger partial charge on any atom is -0.495 e. The Kier molecular flexibility index (Phi) is 5.76. The van der Waals surface area contributed by atoms with Crippen LogP contribution in [0.4, 0.5) is 4.39 Å². The van der Waals surface area contributed by atoms with E-state index in [1.165, 1.54) is 50.4 Å². The molecule has 2 aromatic rings. The number of rotatable bonds is 6. The fourth-order valence-electron chi connectivity index (χ4n) is 2.30. The maximum atomic E-state index is 13.7. The molecule has 0 aliphatic carbocycles. The quantitative estimate of drug-likeness (QED) is 0.849. The first-order valence-electron chi connectivity index (χ1n) is 7.40. The highest BCUT2D eigenvalue weighted by Crippen LogP contribution is 2.25. The van der Waals surface area contributed by atoms with E-state index in [-0.39, 0.29) is 22.8 Å². The van der Waals surface area contributed by atoms with E-state index in [9.17, 15) is 17.6 Å². The van der Waals surface area contributed by atoms with Gasteiger partial charge in [-0.1, -0.05) is 18.2 Å². The molecule has 1 N–H and O–H groups in total. The lowest BCUT2D eigenvalue weighted by atomic mass is 10.1. The highest BCUT2D eigenvalue weighted by Gasteiger charge is 2.21. The van der Waals surface area contributed by atoms with Gasteiger partial charge in [0.2, 0.25) is 10.0 Å². The molecule has 1 amide bonds. The molecule has 2 rings (SSSR count). The summed E-state index contributed by atoms with van der Waals surface area (Å²) in [5.41, 5.74) is 0.531. The first-order valence-corrected chi connectivity index (χ1v) is 8.89. The number of benzene rings is 2. The minimum absolute atomic E-state index is 0.0612. The van der Waals surface area contributed by atoms with Gasteiger partial charge in [0.15, 0.2) is 0 Å². The van der Waals surface area contributed by atoms with Crippen molar-refractivity contribution in [3.63, 3.8) is 0 Å². The Bertz CT molecular complexity index is 884. The van der Waals surface area contributed by atoms with Crippen LogP contribution in [-0.4, -0.2) is 40.4 Å². The summed E-state index contributed by atoms with van der Waals surface area (Å²) in [5, 5.41) is 0. The third kappa shape index (κ3) is 4.15. The summed E-state index contributed by atoms with van der Waals surface area (Å²) in [4.78, 5) is 13.8. The summed E-state index contributed by atoms with van der Waals surface area (Å²) in [7, 11) is 0.340. The van der Waals surface area contributed by atoms with Gasteiger partial charge in [0, 0.05) is 24.7 Å². The molecular weight excluding hydrogens is 347 g/mol. The summed E-state index contributed by atoms with van der Waals surface area (Å²) in [6, 6.07) is 10.3. The van der Waals surface area contributed by atoms with Crippen LogP contribution in [0.3, 0.4) is 0 Å². The number of methoxy groups -OCH3 is 1. The fourth-order valence-corrected chi connectivity index (χ4v) is 3.22. The van der Waals surface area contributed by atoms with Gasteiger partial charge in [0.1, 0.15) is 16.5 Å². The van der Waals surface area contributed by atoms with E-state index in [0.29, 0.717) is 5.56 Å². The van der Waals surface area contributed by atoms with Gasteiger partial charge >= 0.3 is 0 Å². The average molecular weight is 366 g/mol. The second-order valence-corrected chi connectivity index (χ2v) is 7.18. The number of nitrogens with one attached hydrogen (secondary N) is 1. The summed E-state index contributed by atoms with van der Waals surface area (Å²) in [5.74, 6) is -0.712. The van der Waals surface area contributed by atoms with Crippen LogP contribution in [0.5, 0.6) is 5.75 Å². The number of hydrogen-bond donors (Lipinski definition) is 1. The van der Waals surface area contributed by atoms with Crippen LogP contribution < -0.4 is 9.46 Å². The predicted octanol–water partition coefficient (Wildman–Crippen LogP) is 2.01. The monoisotopic (exact) mass is 366 g/mol. The molecule has 8 heteroatoms. The molecule has 6 nitrogen and oxygen atoms in total. The lowest BCUT2D eigenvalue weighted by Crippen LogP contribution is -2.27. The number of ether oxygens (including phenoxy) is 1. The topological polar surface area (TPSA) is 75.7 Å². The van der Waals surface area contributed by atoms with Crippen molar-refractivity contribution in [1.29, 1.82) is 0 Å². The van der Waals surface area contributed by atoms with Crippen molar-refractivity contribution < 1.29 is 22.3 Å². The Morgan fingerprint density at radius 1 is 1.24 bits per heavy atom. The van der Waals surface area contributed by atoms with Gasteiger partial charge in [-0.05, 0) is 31.3 Å². The van der Waals surface area contributed by atoms with Gasteiger partial charge in [-0.15, -0.1) is 0 Å². The largest absolute Gasteiger partial charge is 0.495 e. The molecule has 0 aliphatic heterocycles. The van der Waals surface area contributed by atoms with Gasteiger partial charge in [-0.3, -0.25) is 4.79 Å². The summed E-state index contributed by atoms with van der Waals surface area (Å²) in [6.45, 7) is 0.0612. The minimum atomic E-state index is -3.79. The zero-order chi connectivity index (χ0) is 18.6. The lowest BCUT2D eigenvalue weighted by molar-refractivity contribution is 0.0783. The Morgan fingerprint density at radius 2 is 1.92 bits per heavy atom. The Balaban J connectivity index is 2.33. The Labute approximate surface area is 146 Å². The number of hydrogen-bond acceptors (Lipinski definition) is 4. The maximum absolute atomic E-state index is 13.7. The smallest absolute Gasteiger partial charge is 0.253 e. The van der Waals surface area contributed by atoms with E-state index < -0.39 is 21.7 Å². The first kappa shape index (κ1) is 18.9. The van der Waals surface area contributed by atoms with Crippen LogP contribution >= 0.6 is 0 Å². The summed E-state index contributed by atoms with van der Waals surface area (Å²) >= 11 is 0. The fraction of sp³-hybridized carbons (Fsp3) is 0.235. The van der Waals surface area contributed by atoms with Gasteiger partial charge in [-0.25, -0.2) is 17.5 Å². The van der Waals surface area contributed by atoms with Crippen LogP contribution in [0.2, 0.25) is 0 Å². The van der Waals surface area contributed by atoms with E-state index >= 15 is 0 Å². The van der Waals surface area contributed by atoms with Crippen LogP contribution in [0, 0.1) is 5.82 Å². The number of carbonyl (C=O) groups excluding carboxylic acids is 1. The summed E-state index contributed by atoms with van der Waals surface area (Å²) in [6.07, 6.45) is 0. The summed E-state index contributed by atoms with van der Waals surface area (Å²) < 4.78 is 45.2. The molecule has 0 bridgehead atoms. The second-order valence-electron chi connectivity index (χ2n) is 5.33. The van der Waals surface area contributed by atoms with Gasteiger partial charge < -0.3 is 9.64 Å². The van der Waals surface area contributed by atoms with E-state index in [0.717, 1.165) is 0 Å². The zero-order valence-corrected chi connectivity index (χ0v) is 14.9. The lowest BCUT2D eigenvalue weighted by Gasteiger charge is -2.18. The molecule has 0 saturated heterocycles. The SMILES string of the molecule is CNS(=O)(=O)c1cc(C(=O)N(C)Cc2ccccc2F)ccc1OC. The van der Waals surface area contributed by atoms with Crippen LogP contribution in [-0.2, 0) is 16.6 Å². The van der Waals surface area contributed by atoms with Crippen molar-refractivity contribution in [3.8, 4) is 5.75 Å². The highest BCUT2D eigenvalue weighted by molar-refractivity contribution is 7.89. The van der Waals surface area contributed by atoms with Crippen molar-refractivity contribution in [2.75, 3.05) is 21.2 Å². The molecule has 0 heterocycles. The predicted molar refractivity (Wildman–Crippen MR) is 91.4 cm³/mol. The number of sulfonamides is 1. The van der Waals surface area contributed by atoms with Crippen molar-refractivity contribution in [2.45, 2.75) is 11.4 Å². The molecule has 0 saturated carbocycles. The second kappa shape index (κ2) is 7.62. The van der Waals surface area contributed by atoms with Crippen LogP contribution in [0.25, 0.3) is 0 Å². The molecule has 0 atom stereocenters. The molecule has 25 heavy (non-hydrogen) atoms. The molecule has 2 aromatic carbocycles. The van der Waals surface area contributed by atoms with Crippen molar-refractivity contribution in [1.82, 2.24) is 9.62 Å². The normalized spacial score (nSPS) is 11.2. The van der Waals surface area contributed by atoms with E-state index in [2.05, 4.69) is 4.72 Å². The number of halogens is 1. The van der Waals surface area contributed by atoms with Crippen LogP contribution in [0.15, 0.2) is 47.4 Å². The third-order valence-corrected chi connectivity index (χ3v) is 5.12. The van der Waals surface area contributed by atoms with Crippen molar-refractivity contribution in [3.05, 3.63) is 59.4 Å². The molecular formula is C17H19FN2O4S. The number of amides is 1. The van der Waals surface area contributed by atoms with Crippen molar-refractivity contribution in [2.24, 2.45) is 0 Å². The number of nitrogens with zero attached hydrogens (tertiary/aromatic N) is 1. The average Bonchev–Trinajstić information content (AvgIpc) is 2.62. The van der Waals surface area contributed by atoms with Gasteiger partial charge in [-0.2, -0.15) is 0 Å². The molecule has 0 unspecified atom stereocenters. The Morgan fingerprint density at radius 3 is 2.52 bits per heavy atom. The molecule has 0 aliphatic rings. The first-order chi connectivity index (χ1) is 11.8. The molecule has 0 aromatic heterocycles. The molecule has 134 valence electrons. The van der Waals surface area contributed by atoms with E-state index in [1.54, 1.807) is 18.2 Å². The zero-order valence-electron chi connectivity index (χ0n) is 14.1. The maximum Gasteiger partial charge on any atom is 0.253 e. The van der Waals surface area contributed by atoms with Gasteiger partial charge in [0.25, 0.3) is 5.91 Å².